The molecule has 124 valence electrons. The van der Waals surface area contributed by atoms with Crippen LogP contribution >= 0.6 is 11.3 Å². The van der Waals surface area contributed by atoms with Gasteiger partial charge in [0.15, 0.2) is 0 Å². The Hall–Kier alpha value is -2.28. The molecule has 3 aliphatic rings. The van der Waals surface area contributed by atoms with Gasteiger partial charge >= 0.3 is 0 Å². The molecule has 7 heteroatoms. The summed E-state index contributed by atoms with van der Waals surface area (Å²) in [7, 11) is 0. The fourth-order valence-electron chi connectivity index (χ4n) is 3.56. The van der Waals surface area contributed by atoms with E-state index >= 15 is 0 Å². The SMILES string of the molecule is O=C(c1ccccn1)N1C[C@@H]2CC[C@H](C1)N(Cc1cscn1)C2=O. The standard InChI is InChI=1S/C17H18N4O2S/c22-16-12-4-5-14(21(16)8-13-10-24-11-19-13)9-20(7-12)17(23)15-3-1-2-6-18-15/h1-3,6,10-12,14H,4-5,7-9H2/t12-,14+/m0/s1. The zero-order valence-corrected chi connectivity index (χ0v) is 14.0. The van der Waals surface area contributed by atoms with Crippen molar-refractivity contribution in [2.45, 2.75) is 25.4 Å². The van der Waals surface area contributed by atoms with Crippen LogP contribution in [0.2, 0.25) is 0 Å². The van der Waals surface area contributed by atoms with Crippen molar-refractivity contribution in [2.75, 3.05) is 13.1 Å². The van der Waals surface area contributed by atoms with E-state index in [1.54, 1.807) is 28.7 Å². The van der Waals surface area contributed by atoms with E-state index in [2.05, 4.69) is 9.97 Å². The third-order valence-electron chi connectivity index (χ3n) is 4.78. The minimum absolute atomic E-state index is 0.0608. The third-order valence-corrected chi connectivity index (χ3v) is 5.42. The number of amides is 2. The van der Waals surface area contributed by atoms with E-state index in [1.807, 2.05) is 16.3 Å². The maximum Gasteiger partial charge on any atom is 0.272 e. The maximum atomic E-state index is 12.8. The number of hydrogen-bond acceptors (Lipinski definition) is 5. The minimum Gasteiger partial charge on any atom is -0.334 e. The highest BCUT2D eigenvalue weighted by Crippen LogP contribution is 2.30. The summed E-state index contributed by atoms with van der Waals surface area (Å²) in [6, 6.07) is 5.39. The van der Waals surface area contributed by atoms with E-state index in [0.717, 1.165) is 18.5 Å². The molecule has 0 aromatic carbocycles. The van der Waals surface area contributed by atoms with Crippen LogP contribution in [0.4, 0.5) is 0 Å². The predicted octanol–water partition coefficient (Wildman–Crippen LogP) is 1.80. The van der Waals surface area contributed by atoms with Crippen LogP contribution in [0.1, 0.15) is 29.0 Å². The van der Waals surface area contributed by atoms with Gasteiger partial charge in [-0.15, -0.1) is 11.3 Å². The molecule has 5 heterocycles. The molecule has 24 heavy (non-hydrogen) atoms. The van der Waals surface area contributed by atoms with Gasteiger partial charge in [-0.1, -0.05) is 6.07 Å². The van der Waals surface area contributed by atoms with E-state index in [-0.39, 0.29) is 23.8 Å². The molecule has 0 saturated carbocycles. The molecule has 3 fully saturated rings. The average Bonchev–Trinajstić information content (AvgIpc) is 2.98. The average molecular weight is 342 g/mol. The minimum atomic E-state index is -0.116. The molecule has 0 N–H and O–H groups in total. The molecule has 0 spiro atoms. The first-order valence-corrected chi connectivity index (χ1v) is 9.04. The number of piperidine rings is 1. The fraction of sp³-hybridized carbons (Fsp3) is 0.412. The molecule has 0 aliphatic carbocycles. The molecule has 0 radical (unpaired) electrons. The van der Waals surface area contributed by atoms with Crippen molar-refractivity contribution in [3.63, 3.8) is 0 Å². The lowest BCUT2D eigenvalue weighted by Crippen LogP contribution is -2.47. The largest absolute Gasteiger partial charge is 0.334 e. The lowest BCUT2D eigenvalue weighted by molar-refractivity contribution is -0.140. The Morgan fingerprint density at radius 3 is 2.92 bits per heavy atom. The van der Waals surface area contributed by atoms with E-state index in [4.69, 9.17) is 0 Å². The zero-order valence-electron chi connectivity index (χ0n) is 13.2. The summed E-state index contributed by atoms with van der Waals surface area (Å²) in [5.74, 6) is -0.0542. The summed E-state index contributed by atoms with van der Waals surface area (Å²) in [5.41, 5.74) is 3.15. The van der Waals surface area contributed by atoms with E-state index in [0.29, 0.717) is 25.3 Å². The number of carbonyl (C=O) groups excluding carboxylic acids is 2. The second kappa shape index (κ2) is 6.32. The molecule has 2 aromatic heterocycles. The number of pyridine rings is 1. The van der Waals surface area contributed by atoms with Crippen LogP contribution in [0.15, 0.2) is 35.3 Å². The Bertz CT molecular complexity index is 734. The second-order valence-corrected chi connectivity index (χ2v) is 7.02. The summed E-state index contributed by atoms with van der Waals surface area (Å²) in [6.07, 6.45) is 3.41. The highest BCUT2D eigenvalue weighted by molar-refractivity contribution is 7.07. The molecule has 0 unspecified atom stereocenters. The predicted molar refractivity (Wildman–Crippen MR) is 89.3 cm³/mol. The first kappa shape index (κ1) is 15.3. The maximum absolute atomic E-state index is 12.8. The molecule has 2 aromatic rings. The molecule has 3 saturated heterocycles. The molecular weight excluding hydrogens is 324 g/mol. The smallest absolute Gasteiger partial charge is 0.272 e. The van der Waals surface area contributed by atoms with Crippen LogP contribution in [0, 0.1) is 5.92 Å². The van der Waals surface area contributed by atoms with Crippen molar-refractivity contribution in [3.8, 4) is 0 Å². The van der Waals surface area contributed by atoms with Gasteiger partial charge in [-0.3, -0.25) is 14.6 Å². The Labute approximate surface area is 144 Å². The number of carbonyl (C=O) groups is 2. The van der Waals surface area contributed by atoms with E-state index in [9.17, 15) is 9.59 Å². The van der Waals surface area contributed by atoms with Gasteiger partial charge in [-0.2, -0.15) is 0 Å². The molecule has 2 bridgehead atoms. The fourth-order valence-corrected chi connectivity index (χ4v) is 4.11. The van der Waals surface area contributed by atoms with Crippen LogP contribution in [-0.2, 0) is 11.3 Å². The second-order valence-electron chi connectivity index (χ2n) is 6.30. The monoisotopic (exact) mass is 342 g/mol. The Morgan fingerprint density at radius 1 is 1.25 bits per heavy atom. The van der Waals surface area contributed by atoms with Crippen LogP contribution in [0.3, 0.4) is 0 Å². The highest BCUT2D eigenvalue weighted by atomic mass is 32.1. The molecule has 6 nitrogen and oxygen atoms in total. The van der Waals surface area contributed by atoms with Crippen molar-refractivity contribution in [2.24, 2.45) is 5.92 Å². The van der Waals surface area contributed by atoms with Gasteiger partial charge in [0, 0.05) is 30.7 Å². The first-order valence-electron chi connectivity index (χ1n) is 8.10. The van der Waals surface area contributed by atoms with E-state index < -0.39 is 0 Å². The van der Waals surface area contributed by atoms with Gasteiger partial charge in [0.05, 0.1) is 23.7 Å². The van der Waals surface area contributed by atoms with Crippen molar-refractivity contribution < 1.29 is 9.59 Å². The lowest BCUT2D eigenvalue weighted by Gasteiger charge is -2.35. The summed E-state index contributed by atoms with van der Waals surface area (Å²) < 4.78 is 0. The number of rotatable bonds is 3. The van der Waals surface area contributed by atoms with Crippen molar-refractivity contribution in [1.29, 1.82) is 0 Å². The Balaban J connectivity index is 1.56. The van der Waals surface area contributed by atoms with Crippen molar-refractivity contribution in [1.82, 2.24) is 19.8 Å². The van der Waals surface area contributed by atoms with E-state index in [1.165, 1.54) is 11.3 Å². The zero-order chi connectivity index (χ0) is 16.5. The quantitative estimate of drug-likeness (QED) is 0.853. The summed E-state index contributed by atoms with van der Waals surface area (Å²) >= 11 is 1.54. The van der Waals surface area contributed by atoms with Gasteiger partial charge < -0.3 is 9.80 Å². The Kier molecular flexibility index (Phi) is 4.02. The van der Waals surface area contributed by atoms with Crippen LogP contribution in [0.25, 0.3) is 0 Å². The van der Waals surface area contributed by atoms with Gasteiger partial charge in [0.1, 0.15) is 5.69 Å². The Morgan fingerprint density at radius 2 is 2.17 bits per heavy atom. The van der Waals surface area contributed by atoms with Gasteiger partial charge in [-0.25, -0.2) is 4.98 Å². The lowest BCUT2D eigenvalue weighted by atomic mass is 9.94. The number of aromatic nitrogens is 2. The number of thiazole rings is 1. The molecule has 2 atom stereocenters. The summed E-state index contributed by atoms with van der Waals surface area (Å²) in [6.45, 7) is 1.59. The number of hydrogen-bond donors (Lipinski definition) is 0. The molecular formula is C17H18N4O2S. The topological polar surface area (TPSA) is 66.4 Å². The van der Waals surface area contributed by atoms with Crippen LogP contribution in [-0.4, -0.2) is 50.7 Å². The third kappa shape index (κ3) is 2.80. The highest BCUT2D eigenvalue weighted by Gasteiger charge is 2.42. The van der Waals surface area contributed by atoms with Crippen LogP contribution in [0.5, 0.6) is 0 Å². The first-order chi connectivity index (χ1) is 11.7. The number of fused-ring (bicyclic) bond motifs is 4. The molecule has 3 aliphatic heterocycles. The number of nitrogens with zero attached hydrogens (tertiary/aromatic N) is 4. The summed E-state index contributed by atoms with van der Waals surface area (Å²) in [4.78, 5) is 37.7. The molecule has 5 rings (SSSR count). The molecule has 2 amide bonds. The summed E-state index contributed by atoms with van der Waals surface area (Å²) in [5, 5.41) is 1.97. The van der Waals surface area contributed by atoms with Crippen molar-refractivity contribution in [3.05, 3.63) is 46.7 Å². The van der Waals surface area contributed by atoms with Gasteiger partial charge in [0.25, 0.3) is 5.91 Å². The van der Waals surface area contributed by atoms with Gasteiger partial charge in [-0.05, 0) is 25.0 Å². The van der Waals surface area contributed by atoms with Gasteiger partial charge in [0.2, 0.25) is 5.91 Å². The van der Waals surface area contributed by atoms with Crippen LogP contribution < -0.4 is 0 Å². The van der Waals surface area contributed by atoms with Crippen molar-refractivity contribution >= 4 is 23.2 Å². The normalized spacial score (nSPS) is 23.4.